The number of thiocarbonyl (C=S) groups is 1. The van der Waals surface area contributed by atoms with Crippen LogP contribution in [0.3, 0.4) is 0 Å². The van der Waals surface area contributed by atoms with Crippen molar-refractivity contribution in [1.29, 1.82) is 0 Å². The zero-order chi connectivity index (χ0) is 19.6. The smallest absolute Gasteiger partial charge is 0.270 e. The zero-order valence-corrected chi connectivity index (χ0v) is 17.2. The molecule has 1 fully saturated rings. The van der Waals surface area contributed by atoms with Crippen LogP contribution in [-0.2, 0) is 4.79 Å². The Kier molecular flexibility index (Phi) is 5.94. The molecule has 1 aliphatic rings. The number of rotatable bonds is 5. The molecule has 0 radical (unpaired) electrons. The molecule has 1 saturated heterocycles. The van der Waals surface area contributed by atoms with Crippen LogP contribution in [0.25, 0.3) is 6.08 Å². The van der Waals surface area contributed by atoms with Gasteiger partial charge < -0.3 is 14.2 Å². The topological polar surface area (TPSA) is 48.0 Å². The normalized spacial score (nSPS) is 15.4. The van der Waals surface area contributed by atoms with Crippen molar-refractivity contribution in [3.05, 3.63) is 51.9 Å². The SMILES string of the molecule is COc1ccccc1N1C(=O)/C(=C\c2cc(Cl)c(OC)c(OC)c2)SC1=S. The number of halogens is 1. The average Bonchev–Trinajstić information content (AvgIpc) is 2.94. The van der Waals surface area contributed by atoms with E-state index in [4.69, 9.17) is 38.0 Å². The summed E-state index contributed by atoms with van der Waals surface area (Å²) in [5, 5.41) is 0.392. The van der Waals surface area contributed by atoms with Gasteiger partial charge in [0.05, 0.1) is 36.9 Å². The summed E-state index contributed by atoms with van der Waals surface area (Å²) in [5.74, 6) is 1.28. The third kappa shape index (κ3) is 3.76. The number of methoxy groups -OCH3 is 3. The number of anilines is 1. The molecule has 0 aliphatic carbocycles. The molecule has 140 valence electrons. The maximum absolute atomic E-state index is 13.0. The van der Waals surface area contributed by atoms with Crippen LogP contribution in [0.15, 0.2) is 41.3 Å². The lowest BCUT2D eigenvalue weighted by atomic mass is 10.1. The van der Waals surface area contributed by atoms with E-state index in [1.807, 2.05) is 12.1 Å². The lowest BCUT2D eigenvalue weighted by Crippen LogP contribution is -2.27. The number of thioether (sulfide) groups is 1. The summed E-state index contributed by atoms with van der Waals surface area (Å²) in [7, 11) is 4.60. The number of carbonyl (C=O) groups excluding carboxylic acids is 1. The van der Waals surface area contributed by atoms with Gasteiger partial charge >= 0.3 is 0 Å². The van der Waals surface area contributed by atoms with Gasteiger partial charge in [-0.05, 0) is 35.9 Å². The fraction of sp³-hybridized carbons (Fsp3) is 0.158. The molecule has 3 rings (SSSR count). The molecule has 0 bridgehead atoms. The van der Waals surface area contributed by atoms with Gasteiger partial charge in [-0.1, -0.05) is 47.7 Å². The molecule has 0 saturated carbocycles. The van der Waals surface area contributed by atoms with E-state index in [0.29, 0.717) is 42.7 Å². The molecule has 0 N–H and O–H groups in total. The highest BCUT2D eigenvalue weighted by Crippen LogP contribution is 2.41. The van der Waals surface area contributed by atoms with Gasteiger partial charge in [-0.3, -0.25) is 9.69 Å². The molecular formula is C19H16ClNO4S2. The van der Waals surface area contributed by atoms with E-state index in [0.717, 1.165) is 0 Å². The highest BCUT2D eigenvalue weighted by atomic mass is 35.5. The first-order valence-corrected chi connectivity index (χ1v) is 9.43. The van der Waals surface area contributed by atoms with E-state index in [9.17, 15) is 4.79 Å². The number of ether oxygens (including phenoxy) is 3. The Balaban J connectivity index is 1.99. The minimum Gasteiger partial charge on any atom is -0.495 e. The van der Waals surface area contributed by atoms with Gasteiger partial charge in [0.25, 0.3) is 5.91 Å². The number of benzene rings is 2. The number of carbonyl (C=O) groups is 1. The van der Waals surface area contributed by atoms with Crippen molar-refractivity contribution in [2.45, 2.75) is 0 Å². The van der Waals surface area contributed by atoms with Crippen molar-refractivity contribution in [1.82, 2.24) is 0 Å². The summed E-state index contributed by atoms with van der Waals surface area (Å²) in [5.41, 5.74) is 1.31. The van der Waals surface area contributed by atoms with E-state index in [-0.39, 0.29) is 5.91 Å². The molecule has 0 atom stereocenters. The van der Waals surface area contributed by atoms with Gasteiger partial charge in [-0.15, -0.1) is 0 Å². The van der Waals surface area contributed by atoms with Crippen LogP contribution < -0.4 is 19.1 Å². The highest BCUT2D eigenvalue weighted by molar-refractivity contribution is 8.27. The highest BCUT2D eigenvalue weighted by Gasteiger charge is 2.34. The van der Waals surface area contributed by atoms with E-state index in [1.54, 1.807) is 37.5 Å². The van der Waals surface area contributed by atoms with Crippen LogP contribution in [0.2, 0.25) is 5.02 Å². The van der Waals surface area contributed by atoms with Crippen molar-refractivity contribution in [3.63, 3.8) is 0 Å². The second kappa shape index (κ2) is 8.21. The maximum Gasteiger partial charge on any atom is 0.270 e. The Morgan fingerprint density at radius 3 is 2.44 bits per heavy atom. The van der Waals surface area contributed by atoms with Gasteiger partial charge in [-0.25, -0.2) is 0 Å². The number of hydrogen-bond donors (Lipinski definition) is 0. The van der Waals surface area contributed by atoms with Crippen LogP contribution in [-0.4, -0.2) is 31.6 Å². The first kappa shape index (κ1) is 19.5. The Morgan fingerprint density at radius 2 is 1.78 bits per heavy atom. The lowest BCUT2D eigenvalue weighted by Gasteiger charge is -2.17. The van der Waals surface area contributed by atoms with E-state index < -0.39 is 0 Å². The first-order valence-electron chi connectivity index (χ1n) is 7.82. The van der Waals surface area contributed by atoms with Gasteiger partial charge in [-0.2, -0.15) is 0 Å². The van der Waals surface area contributed by atoms with Gasteiger partial charge in [0.1, 0.15) is 5.75 Å². The van der Waals surface area contributed by atoms with Crippen LogP contribution in [0.4, 0.5) is 5.69 Å². The van der Waals surface area contributed by atoms with Gasteiger partial charge in [0, 0.05) is 0 Å². The molecule has 5 nitrogen and oxygen atoms in total. The van der Waals surface area contributed by atoms with E-state index in [2.05, 4.69) is 0 Å². The molecule has 0 spiro atoms. The Bertz CT molecular complexity index is 945. The molecule has 0 unspecified atom stereocenters. The minimum absolute atomic E-state index is 0.222. The van der Waals surface area contributed by atoms with Crippen LogP contribution in [0, 0.1) is 0 Å². The summed E-state index contributed by atoms with van der Waals surface area (Å²) < 4.78 is 16.3. The number of hydrogen-bond acceptors (Lipinski definition) is 6. The Hall–Kier alpha value is -2.22. The van der Waals surface area contributed by atoms with E-state index in [1.165, 1.54) is 30.9 Å². The minimum atomic E-state index is -0.222. The molecule has 0 aromatic heterocycles. The second-order valence-corrected chi connectivity index (χ2v) is 7.51. The maximum atomic E-state index is 13.0. The van der Waals surface area contributed by atoms with Crippen molar-refractivity contribution < 1.29 is 19.0 Å². The summed E-state index contributed by atoms with van der Waals surface area (Å²) in [6.45, 7) is 0. The molecule has 27 heavy (non-hydrogen) atoms. The predicted molar refractivity (Wildman–Crippen MR) is 113 cm³/mol. The Morgan fingerprint density at radius 1 is 1.07 bits per heavy atom. The van der Waals surface area contributed by atoms with Crippen molar-refractivity contribution >= 4 is 57.6 Å². The third-order valence-electron chi connectivity index (χ3n) is 3.87. The summed E-state index contributed by atoms with van der Waals surface area (Å²) in [4.78, 5) is 14.9. The third-order valence-corrected chi connectivity index (χ3v) is 5.46. The summed E-state index contributed by atoms with van der Waals surface area (Å²) >= 11 is 12.9. The number of para-hydroxylation sites is 2. The monoisotopic (exact) mass is 421 g/mol. The predicted octanol–water partition coefficient (Wildman–Crippen LogP) is 4.77. The molecule has 8 heteroatoms. The van der Waals surface area contributed by atoms with E-state index >= 15 is 0 Å². The molecule has 1 amide bonds. The summed E-state index contributed by atoms with van der Waals surface area (Å²) in [6, 6.07) is 10.7. The first-order chi connectivity index (χ1) is 13.0. The molecular weight excluding hydrogens is 406 g/mol. The largest absolute Gasteiger partial charge is 0.495 e. The molecule has 2 aromatic rings. The fourth-order valence-electron chi connectivity index (χ4n) is 2.66. The standard InChI is InChI=1S/C19H16ClNO4S2/c1-23-14-7-5-4-6-13(14)21-18(22)16(27-19(21)26)10-11-8-12(20)17(25-3)15(9-11)24-2/h4-10H,1-3H3/b16-10+. The molecule has 1 heterocycles. The molecule has 1 aliphatic heterocycles. The van der Waals surface area contributed by atoms with Crippen molar-refractivity contribution in [3.8, 4) is 17.2 Å². The second-order valence-electron chi connectivity index (χ2n) is 5.43. The van der Waals surface area contributed by atoms with Crippen LogP contribution in [0.1, 0.15) is 5.56 Å². The van der Waals surface area contributed by atoms with Gasteiger partial charge in [0.15, 0.2) is 15.8 Å². The Labute approximate surface area is 171 Å². The quantitative estimate of drug-likeness (QED) is 0.512. The van der Waals surface area contributed by atoms with Crippen molar-refractivity contribution in [2.24, 2.45) is 0 Å². The zero-order valence-electron chi connectivity index (χ0n) is 14.8. The fourth-order valence-corrected chi connectivity index (χ4v) is 4.24. The lowest BCUT2D eigenvalue weighted by molar-refractivity contribution is -0.113. The molecule has 2 aromatic carbocycles. The number of nitrogens with zero attached hydrogens (tertiary/aromatic N) is 1. The average molecular weight is 422 g/mol. The number of amides is 1. The van der Waals surface area contributed by atoms with Crippen LogP contribution in [0.5, 0.6) is 17.2 Å². The van der Waals surface area contributed by atoms with Crippen LogP contribution >= 0.6 is 35.6 Å². The van der Waals surface area contributed by atoms with Crippen molar-refractivity contribution in [2.75, 3.05) is 26.2 Å². The van der Waals surface area contributed by atoms with Gasteiger partial charge in [0.2, 0.25) is 0 Å². The summed E-state index contributed by atoms with van der Waals surface area (Å²) in [6.07, 6.45) is 1.72.